The van der Waals surface area contributed by atoms with Gasteiger partial charge in [0, 0.05) is 13.1 Å². The number of hydrogen-bond acceptors (Lipinski definition) is 2. The first-order valence-corrected chi connectivity index (χ1v) is 6.16. The minimum absolute atomic E-state index is 0.0247. The summed E-state index contributed by atoms with van der Waals surface area (Å²) in [6, 6.07) is 9.63. The van der Waals surface area contributed by atoms with Crippen molar-refractivity contribution in [3.8, 4) is 0 Å². The molecule has 0 spiro atoms. The number of nitrogens with zero attached hydrogens (tertiary/aromatic N) is 1. The van der Waals surface area contributed by atoms with Gasteiger partial charge in [0.05, 0.1) is 6.42 Å². The van der Waals surface area contributed by atoms with Gasteiger partial charge >= 0.3 is 0 Å². The molecule has 0 unspecified atom stereocenters. The molecule has 0 bridgehead atoms. The molecular weight excluding hydrogens is 212 g/mol. The Hall–Kier alpha value is -1.35. The lowest BCUT2D eigenvalue weighted by Crippen LogP contribution is -2.34. The molecule has 1 aromatic carbocycles. The van der Waals surface area contributed by atoms with E-state index in [0.717, 1.165) is 25.2 Å². The standard InChI is InChI=1S/C14H21N2O/c1-3-16(4-2)11-10-15-14(17)12-13-8-6-5-7-9-13/h5-9,12H,3-4,10-11H2,1-2H3,(H,15,17). The second kappa shape index (κ2) is 7.85. The van der Waals surface area contributed by atoms with Gasteiger partial charge in [-0.3, -0.25) is 4.79 Å². The zero-order chi connectivity index (χ0) is 12.5. The molecule has 17 heavy (non-hydrogen) atoms. The Morgan fingerprint density at radius 2 is 1.88 bits per heavy atom. The Balaban J connectivity index is 2.22. The smallest absolute Gasteiger partial charge is 0.228 e. The SMILES string of the molecule is CCN(CC)CCNC(=O)[CH]c1ccccc1. The highest BCUT2D eigenvalue weighted by molar-refractivity contribution is 5.88. The van der Waals surface area contributed by atoms with E-state index in [4.69, 9.17) is 0 Å². The van der Waals surface area contributed by atoms with Gasteiger partial charge in [-0.25, -0.2) is 0 Å². The lowest BCUT2D eigenvalue weighted by Gasteiger charge is -2.17. The highest BCUT2D eigenvalue weighted by atomic mass is 16.1. The predicted molar refractivity (Wildman–Crippen MR) is 70.6 cm³/mol. The van der Waals surface area contributed by atoms with Gasteiger partial charge in [-0.1, -0.05) is 44.2 Å². The summed E-state index contributed by atoms with van der Waals surface area (Å²) in [4.78, 5) is 13.9. The van der Waals surface area contributed by atoms with Gasteiger partial charge in [-0.2, -0.15) is 0 Å². The predicted octanol–water partition coefficient (Wildman–Crippen LogP) is 1.70. The van der Waals surface area contributed by atoms with Gasteiger partial charge in [0.2, 0.25) is 5.91 Å². The number of hydrogen-bond donors (Lipinski definition) is 1. The summed E-state index contributed by atoms with van der Waals surface area (Å²) in [5.74, 6) is -0.0247. The van der Waals surface area contributed by atoms with Crippen LogP contribution in [-0.2, 0) is 4.79 Å². The van der Waals surface area contributed by atoms with Crippen molar-refractivity contribution in [3.63, 3.8) is 0 Å². The molecule has 3 nitrogen and oxygen atoms in total. The molecule has 1 rings (SSSR count). The fourth-order valence-electron chi connectivity index (χ4n) is 1.63. The van der Waals surface area contributed by atoms with Crippen LogP contribution in [0.2, 0.25) is 0 Å². The molecule has 0 saturated carbocycles. The molecule has 0 saturated heterocycles. The maximum Gasteiger partial charge on any atom is 0.228 e. The van der Waals surface area contributed by atoms with Crippen LogP contribution in [0.4, 0.5) is 0 Å². The summed E-state index contributed by atoms with van der Waals surface area (Å²) >= 11 is 0. The molecule has 0 aliphatic carbocycles. The highest BCUT2D eigenvalue weighted by Gasteiger charge is 2.04. The molecule has 1 aromatic rings. The van der Waals surface area contributed by atoms with Crippen molar-refractivity contribution in [2.45, 2.75) is 13.8 Å². The lowest BCUT2D eigenvalue weighted by molar-refractivity contribution is -0.117. The zero-order valence-electron chi connectivity index (χ0n) is 10.6. The van der Waals surface area contributed by atoms with Crippen LogP contribution in [0.3, 0.4) is 0 Å². The number of nitrogens with one attached hydrogen (secondary N) is 1. The molecule has 1 amide bonds. The highest BCUT2D eigenvalue weighted by Crippen LogP contribution is 2.01. The van der Waals surface area contributed by atoms with Crippen LogP contribution >= 0.6 is 0 Å². The van der Waals surface area contributed by atoms with E-state index < -0.39 is 0 Å². The van der Waals surface area contributed by atoms with Gasteiger partial charge in [0.1, 0.15) is 0 Å². The molecule has 0 aliphatic heterocycles. The average Bonchev–Trinajstić information content (AvgIpc) is 2.36. The number of benzene rings is 1. The number of carbonyl (C=O) groups is 1. The number of likely N-dealkylation sites (N-methyl/N-ethyl adjacent to an activating group) is 1. The Bertz CT molecular complexity index is 320. The van der Waals surface area contributed by atoms with Gasteiger partial charge < -0.3 is 10.2 Å². The first kappa shape index (κ1) is 13.7. The van der Waals surface area contributed by atoms with Crippen molar-refractivity contribution in [1.29, 1.82) is 0 Å². The minimum Gasteiger partial charge on any atom is -0.354 e. The van der Waals surface area contributed by atoms with Crippen molar-refractivity contribution in [3.05, 3.63) is 42.3 Å². The average molecular weight is 233 g/mol. The summed E-state index contributed by atoms with van der Waals surface area (Å²) in [7, 11) is 0. The Morgan fingerprint density at radius 3 is 2.47 bits per heavy atom. The van der Waals surface area contributed by atoms with Gasteiger partial charge in [0.15, 0.2) is 0 Å². The van der Waals surface area contributed by atoms with E-state index in [0.29, 0.717) is 6.54 Å². The van der Waals surface area contributed by atoms with Crippen LogP contribution < -0.4 is 5.32 Å². The van der Waals surface area contributed by atoms with E-state index in [1.54, 1.807) is 6.42 Å². The third-order valence-electron chi connectivity index (χ3n) is 2.72. The second-order valence-electron chi connectivity index (χ2n) is 3.87. The van der Waals surface area contributed by atoms with E-state index >= 15 is 0 Å². The first-order valence-electron chi connectivity index (χ1n) is 6.16. The molecule has 3 heteroatoms. The minimum atomic E-state index is -0.0247. The molecule has 1 N–H and O–H groups in total. The van der Waals surface area contributed by atoms with Crippen LogP contribution in [0.5, 0.6) is 0 Å². The van der Waals surface area contributed by atoms with E-state index in [-0.39, 0.29) is 5.91 Å². The fraction of sp³-hybridized carbons (Fsp3) is 0.429. The van der Waals surface area contributed by atoms with Crippen LogP contribution in [0.25, 0.3) is 0 Å². The summed E-state index contributed by atoms with van der Waals surface area (Å²) in [5, 5.41) is 2.89. The third kappa shape index (κ3) is 5.50. The van der Waals surface area contributed by atoms with Crippen molar-refractivity contribution in [2.24, 2.45) is 0 Å². The normalized spacial score (nSPS) is 10.5. The molecular formula is C14H21N2O. The van der Waals surface area contributed by atoms with Gasteiger partial charge in [-0.15, -0.1) is 0 Å². The van der Waals surface area contributed by atoms with Crippen LogP contribution in [0.15, 0.2) is 30.3 Å². The van der Waals surface area contributed by atoms with Gasteiger partial charge in [0.25, 0.3) is 0 Å². The number of amides is 1. The fourth-order valence-corrected chi connectivity index (χ4v) is 1.63. The molecule has 0 fully saturated rings. The van der Waals surface area contributed by atoms with Crippen LogP contribution in [0.1, 0.15) is 19.4 Å². The maximum absolute atomic E-state index is 11.6. The van der Waals surface area contributed by atoms with E-state index in [2.05, 4.69) is 24.1 Å². The summed E-state index contributed by atoms with van der Waals surface area (Å²) < 4.78 is 0. The van der Waals surface area contributed by atoms with E-state index in [1.165, 1.54) is 0 Å². The molecule has 0 atom stereocenters. The molecule has 1 radical (unpaired) electrons. The monoisotopic (exact) mass is 233 g/mol. The Morgan fingerprint density at radius 1 is 1.24 bits per heavy atom. The van der Waals surface area contributed by atoms with Crippen molar-refractivity contribution in [2.75, 3.05) is 26.2 Å². The van der Waals surface area contributed by atoms with E-state index in [9.17, 15) is 4.79 Å². The number of carbonyl (C=O) groups excluding carboxylic acids is 1. The summed E-state index contributed by atoms with van der Waals surface area (Å²) in [5.41, 5.74) is 0.938. The molecule has 0 aromatic heterocycles. The first-order chi connectivity index (χ1) is 8.26. The zero-order valence-corrected chi connectivity index (χ0v) is 10.6. The summed E-state index contributed by atoms with van der Waals surface area (Å²) in [6.07, 6.45) is 1.63. The van der Waals surface area contributed by atoms with Crippen molar-refractivity contribution >= 4 is 5.91 Å². The van der Waals surface area contributed by atoms with Crippen molar-refractivity contribution in [1.82, 2.24) is 10.2 Å². The number of rotatable bonds is 7. The van der Waals surface area contributed by atoms with Gasteiger partial charge in [-0.05, 0) is 18.7 Å². The Labute approximate surface area is 104 Å². The lowest BCUT2D eigenvalue weighted by atomic mass is 10.1. The molecule has 0 heterocycles. The summed E-state index contributed by atoms with van der Waals surface area (Å²) in [6.45, 7) is 7.90. The quantitative estimate of drug-likeness (QED) is 0.777. The van der Waals surface area contributed by atoms with Crippen LogP contribution in [-0.4, -0.2) is 37.0 Å². The second-order valence-corrected chi connectivity index (χ2v) is 3.87. The van der Waals surface area contributed by atoms with Crippen molar-refractivity contribution < 1.29 is 4.79 Å². The molecule has 93 valence electrons. The third-order valence-corrected chi connectivity index (χ3v) is 2.72. The van der Waals surface area contributed by atoms with E-state index in [1.807, 2.05) is 30.3 Å². The molecule has 0 aliphatic rings. The van der Waals surface area contributed by atoms with Crippen LogP contribution in [0, 0.1) is 6.42 Å². The largest absolute Gasteiger partial charge is 0.354 e. The topological polar surface area (TPSA) is 32.3 Å². The Kier molecular flexibility index (Phi) is 6.33. The maximum atomic E-state index is 11.6.